The topological polar surface area (TPSA) is 29.1 Å². The van der Waals surface area contributed by atoms with Gasteiger partial charge < -0.3 is 5.32 Å². The van der Waals surface area contributed by atoms with Gasteiger partial charge in [0.15, 0.2) is 0 Å². The van der Waals surface area contributed by atoms with Crippen LogP contribution in [0.1, 0.15) is 18.1 Å². The quantitative estimate of drug-likeness (QED) is 0.737. The molecule has 2 nitrogen and oxygen atoms in total. The maximum Gasteiger partial charge on any atom is 0.221 e. The van der Waals surface area contributed by atoms with E-state index in [1.165, 1.54) is 6.92 Å². The molecule has 0 heterocycles. The van der Waals surface area contributed by atoms with E-state index < -0.39 is 0 Å². The van der Waals surface area contributed by atoms with Gasteiger partial charge in [0.25, 0.3) is 0 Å². The highest BCUT2D eigenvalue weighted by Gasteiger charge is 2.06. The van der Waals surface area contributed by atoms with Gasteiger partial charge in [-0.25, -0.2) is 0 Å². The van der Waals surface area contributed by atoms with Crippen LogP contribution in [0.2, 0.25) is 5.02 Å². The van der Waals surface area contributed by atoms with Gasteiger partial charge >= 0.3 is 0 Å². The Kier molecular flexibility index (Phi) is 2.94. The van der Waals surface area contributed by atoms with Crippen LogP contribution in [0.5, 0.6) is 0 Å². The van der Waals surface area contributed by atoms with Gasteiger partial charge in [0.1, 0.15) is 0 Å². The van der Waals surface area contributed by atoms with Crippen molar-refractivity contribution in [1.29, 1.82) is 0 Å². The third kappa shape index (κ3) is 2.22. The number of hydrogen-bond donors (Lipinski definition) is 1. The lowest BCUT2D eigenvalue weighted by Gasteiger charge is -2.10. The molecular formula is C10H12ClNO. The van der Waals surface area contributed by atoms with Crippen LogP contribution in [0.25, 0.3) is 0 Å². The van der Waals surface area contributed by atoms with Crippen molar-refractivity contribution in [3.8, 4) is 0 Å². The van der Waals surface area contributed by atoms with Crippen molar-refractivity contribution >= 4 is 23.2 Å². The molecule has 70 valence electrons. The predicted molar refractivity (Wildman–Crippen MR) is 55.2 cm³/mol. The standard InChI is InChI=1S/C10H12ClNO/c1-6-4-5-9(11)10(7(6)2)12-8(3)13/h4-5H,1-3H3,(H,12,13). The Morgan fingerprint density at radius 2 is 2.00 bits per heavy atom. The van der Waals surface area contributed by atoms with Gasteiger partial charge in [-0.05, 0) is 31.0 Å². The van der Waals surface area contributed by atoms with Crippen molar-refractivity contribution in [3.05, 3.63) is 28.3 Å². The molecule has 1 amide bonds. The van der Waals surface area contributed by atoms with Crippen LogP contribution in [-0.4, -0.2) is 5.91 Å². The highest BCUT2D eigenvalue weighted by molar-refractivity contribution is 6.33. The normalized spacial score (nSPS) is 9.85. The summed E-state index contributed by atoms with van der Waals surface area (Å²) in [6, 6.07) is 3.72. The molecule has 0 fully saturated rings. The molecule has 0 radical (unpaired) electrons. The number of carbonyl (C=O) groups excluding carboxylic acids is 1. The lowest BCUT2D eigenvalue weighted by molar-refractivity contribution is -0.114. The zero-order valence-electron chi connectivity index (χ0n) is 7.94. The monoisotopic (exact) mass is 197 g/mol. The maximum atomic E-state index is 10.9. The largest absolute Gasteiger partial charge is 0.325 e. The molecule has 0 unspecified atom stereocenters. The number of hydrogen-bond acceptors (Lipinski definition) is 1. The summed E-state index contributed by atoms with van der Waals surface area (Å²) < 4.78 is 0. The second-order valence-corrected chi connectivity index (χ2v) is 3.45. The van der Waals surface area contributed by atoms with Gasteiger partial charge in [-0.15, -0.1) is 0 Å². The first-order valence-electron chi connectivity index (χ1n) is 4.05. The summed E-state index contributed by atoms with van der Waals surface area (Å²) in [5.74, 6) is -0.101. The molecule has 0 aliphatic rings. The molecule has 13 heavy (non-hydrogen) atoms. The molecule has 0 bridgehead atoms. The second-order valence-electron chi connectivity index (χ2n) is 3.05. The predicted octanol–water partition coefficient (Wildman–Crippen LogP) is 2.92. The molecule has 0 saturated carbocycles. The number of benzene rings is 1. The van der Waals surface area contributed by atoms with Gasteiger partial charge in [-0.2, -0.15) is 0 Å². The Bertz CT molecular complexity index is 347. The molecule has 0 aliphatic carbocycles. The fraction of sp³-hybridized carbons (Fsp3) is 0.300. The molecule has 1 aromatic rings. The summed E-state index contributed by atoms with van der Waals surface area (Å²) in [6.45, 7) is 5.39. The van der Waals surface area contributed by atoms with Crippen LogP contribution in [0, 0.1) is 13.8 Å². The van der Waals surface area contributed by atoms with E-state index in [1.807, 2.05) is 19.9 Å². The van der Waals surface area contributed by atoms with Crippen molar-refractivity contribution in [2.24, 2.45) is 0 Å². The Morgan fingerprint density at radius 3 is 2.54 bits per heavy atom. The van der Waals surface area contributed by atoms with E-state index in [2.05, 4.69) is 5.32 Å². The molecule has 0 aromatic heterocycles. The average Bonchev–Trinajstić information content (AvgIpc) is 2.05. The molecule has 0 spiro atoms. The molecule has 1 N–H and O–H groups in total. The van der Waals surface area contributed by atoms with Crippen LogP contribution in [0.15, 0.2) is 12.1 Å². The number of rotatable bonds is 1. The fourth-order valence-electron chi connectivity index (χ4n) is 1.11. The minimum absolute atomic E-state index is 0.101. The first-order chi connectivity index (χ1) is 6.02. The van der Waals surface area contributed by atoms with Crippen LogP contribution in [0.4, 0.5) is 5.69 Å². The summed E-state index contributed by atoms with van der Waals surface area (Å²) in [7, 11) is 0. The number of amides is 1. The zero-order valence-corrected chi connectivity index (χ0v) is 8.70. The van der Waals surface area contributed by atoms with Gasteiger partial charge in [-0.3, -0.25) is 4.79 Å². The van der Waals surface area contributed by atoms with E-state index >= 15 is 0 Å². The van der Waals surface area contributed by atoms with Crippen molar-refractivity contribution in [2.45, 2.75) is 20.8 Å². The highest BCUT2D eigenvalue weighted by atomic mass is 35.5. The van der Waals surface area contributed by atoms with E-state index in [9.17, 15) is 4.79 Å². The van der Waals surface area contributed by atoms with E-state index in [-0.39, 0.29) is 5.91 Å². The molecule has 1 aromatic carbocycles. The van der Waals surface area contributed by atoms with Crippen LogP contribution >= 0.6 is 11.6 Å². The fourth-order valence-corrected chi connectivity index (χ4v) is 1.36. The first-order valence-corrected chi connectivity index (χ1v) is 4.43. The third-order valence-corrected chi connectivity index (χ3v) is 2.30. The highest BCUT2D eigenvalue weighted by Crippen LogP contribution is 2.27. The van der Waals surface area contributed by atoms with Crippen LogP contribution in [0.3, 0.4) is 0 Å². The summed E-state index contributed by atoms with van der Waals surface area (Å²) in [4.78, 5) is 10.9. The van der Waals surface area contributed by atoms with Crippen molar-refractivity contribution in [3.63, 3.8) is 0 Å². The molecule has 0 atom stereocenters. The molecule has 0 saturated heterocycles. The summed E-state index contributed by atoms with van der Waals surface area (Å²) >= 11 is 5.93. The van der Waals surface area contributed by atoms with Gasteiger partial charge in [0.05, 0.1) is 10.7 Å². The van der Waals surface area contributed by atoms with Gasteiger partial charge in [0, 0.05) is 6.92 Å². The zero-order chi connectivity index (χ0) is 10.0. The van der Waals surface area contributed by atoms with Crippen LogP contribution in [-0.2, 0) is 4.79 Å². The lowest BCUT2D eigenvalue weighted by atomic mass is 10.1. The summed E-state index contributed by atoms with van der Waals surface area (Å²) in [5, 5.41) is 3.29. The second kappa shape index (κ2) is 3.79. The van der Waals surface area contributed by atoms with Crippen molar-refractivity contribution in [2.75, 3.05) is 5.32 Å². The SMILES string of the molecule is CC(=O)Nc1c(Cl)ccc(C)c1C. The van der Waals surface area contributed by atoms with E-state index in [4.69, 9.17) is 11.6 Å². The van der Waals surface area contributed by atoms with Crippen LogP contribution < -0.4 is 5.32 Å². The number of nitrogens with one attached hydrogen (secondary N) is 1. The molecule has 0 aliphatic heterocycles. The minimum Gasteiger partial charge on any atom is -0.325 e. The van der Waals surface area contributed by atoms with E-state index in [0.717, 1.165) is 11.1 Å². The Morgan fingerprint density at radius 1 is 1.38 bits per heavy atom. The van der Waals surface area contributed by atoms with Gasteiger partial charge in [-0.1, -0.05) is 17.7 Å². The third-order valence-electron chi connectivity index (χ3n) is 1.99. The van der Waals surface area contributed by atoms with E-state index in [0.29, 0.717) is 10.7 Å². The molecular weight excluding hydrogens is 186 g/mol. The van der Waals surface area contributed by atoms with Gasteiger partial charge in [0.2, 0.25) is 5.91 Å². The molecule has 1 rings (SSSR count). The number of halogens is 1. The maximum absolute atomic E-state index is 10.9. The number of aryl methyl sites for hydroxylation is 1. The number of anilines is 1. The Balaban J connectivity index is 3.17. The Labute approximate surface area is 82.9 Å². The Hall–Kier alpha value is -1.02. The first kappa shape index (κ1) is 10.1. The molecule has 3 heteroatoms. The van der Waals surface area contributed by atoms with Crippen molar-refractivity contribution < 1.29 is 4.79 Å². The van der Waals surface area contributed by atoms with E-state index in [1.54, 1.807) is 6.07 Å². The number of carbonyl (C=O) groups is 1. The summed E-state index contributed by atoms with van der Waals surface area (Å²) in [5.41, 5.74) is 2.85. The van der Waals surface area contributed by atoms with Crippen molar-refractivity contribution in [1.82, 2.24) is 0 Å². The average molecular weight is 198 g/mol. The smallest absolute Gasteiger partial charge is 0.221 e. The lowest BCUT2D eigenvalue weighted by Crippen LogP contribution is -2.08. The summed E-state index contributed by atoms with van der Waals surface area (Å²) in [6.07, 6.45) is 0. The minimum atomic E-state index is -0.101.